The zero-order valence-electron chi connectivity index (χ0n) is 14.0. The number of aryl methyl sites for hydroxylation is 1. The second kappa shape index (κ2) is 5.99. The number of nitrogens with one attached hydrogen (secondary N) is 1. The van der Waals surface area contributed by atoms with Gasteiger partial charge >= 0.3 is 6.03 Å². The molecule has 4 rings (SSSR count). The Morgan fingerprint density at radius 2 is 1.92 bits per heavy atom. The Kier molecular flexibility index (Phi) is 3.66. The van der Waals surface area contributed by atoms with Crippen LogP contribution in [0.25, 0.3) is 10.9 Å². The summed E-state index contributed by atoms with van der Waals surface area (Å²) in [6.07, 6.45) is 0.849. The normalized spacial score (nSPS) is 13.4. The molecule has 25 heavy (non-hydrogen) atoms. The Balaban J connectivity index is 1.56. The zero-order valence-corrected chi connectivity index (χ0v) is 14.0. The lowest BCUT2D eigenvalue weighted by molar-refractivity contribution is 0.206. The quantitative estimate of drug-likeness (QED) is 0.740. The number of nitrogens with zero attached hydrogens (tertiary/aromatic N) is 3. The van der Waals surface area contributed by atoms with Gasteiger partial charge < -0.3 is 14.8 Å². The minimum absolute atomic E-state index is 0.108. The Morgan fingerprint density at radius 3 is 2.68 bits per heavy atom. The van der Waals surface area contributed by atoms with E-state index in [2.05, 4.69) is 35.1 Å². The van der Waals surface area contributed by atoms with E-state index in [1.165, 1.54) is 22.2 Å². The van der Waals surface area contributed by atoms with Crippen LogP contribution in [0.3, 0.4) is 0 Å². The van der Waals surface area contributed by atoms with E-state index >= 15 is 0 Å². The number of rotatable bonds is 1. The second-order valence-electron chi connectivity index (χ2n) is 6.29. The maximum atomic E-state index is 12.6. The van der Waals surface area contributed by atoms with Gasteiger partial charge in [-0.15, -0.1) is 0 Å². The molecule has 0 spiro atoms. The Bertz CT molecular complexity index is 995. The van der Waals surface area contributed by atoms with Crippen molar-refractivity contribution in [2.75, 3.05) is 11.9 Å². The third kappa shape index (κ3) is 2.62. The summed E-state index contributed by atoms with van der Waals surface area (Å²) < 4.78 is 2.24. The third-order valence-electron chi connectivity index (χ3n) is 4.86. The van der Waals surface area contributed by atoms with Gasteiger partial charge in [0.1, 0.15) is 0 Å². The van der Waals surface area contributed by atoms with Crippen LogP contribution in [-0.2, 0) is 20.0 Å². The molecule has 0 atom stereocenters. The van der Waals surface area contributed by atoms with Crippen LogP contribution in [0.1, 0.15) is 16.8 Å². The first-order valence-electron chi connectivity index (χ1n) is 8.28. The van der Waals surface area contributed by atoms with Crippen LogP contribution in [0.15, 0.2) is 48.5 Å². The van der Waals surface area contributed by atoms with Gasteiger partial charge in [0.2, 0.25) is 0 Å². The van der Waals surface area contributed by atoms with E-state index in [1.807, 2.05) is 17.0 Å². The number of nitriles is 1. The fraction of sp³-hybridized carbons (Fsp3) is 0.200. The summed E-state index contributed by atoms with van der Waals surface area (Å²) >= 11 is 0. The molecule has 5 heteroatoms. The maximum Gasteiger partial charge on any atom is 0.322 e. The highest BCUT2D eigenvalue weighted by Gasteiger charge is 2.25. The molecule has 1 aromatic heterocycles. The Morgan fingerprint density at radius 1 is 1.16 bits per heavy atom. The average molecular weight is 330 g/mol. The summed E-state index contributed by atoms with van der Waals surface area (Å²) in [5, 5.41) is 13.0. The Labute approximate surface area is 146 Å². The van der Waals surface area contributed by atoms with Crippen LogP contribution in [0.2, 0.25) is 0 Å². The van der Waals surface area contributed by atoms with Crippen molar-refractivity contribution in [3.63, 3.8) is 0 Å². The number of carbonyl (C=O) groups excluding carboxylic acids is 1. The van der Waals surface area contributed by atoms with Gasteiger partial charge in [-0.3, -0.25) is 0 Å². The second-order valence-corrected chi connectivity index (χ2v) is 6.29. The van der Waals surface area contributed by atoms with Crippen molar-refractivity contribution in [3.05, 3.63) is 65.4 Å². The molecule has 1 aliphatic heterocycles. The number of amides is 2. The number of carbonyl (C=O) groups is 1. The van der Waals surface area contributed by atoms with Crippen LogP contribution in [0, 0.1) is 11.3 Å². The van der Waals surface area contributed by atoms with Crippen molar-refractivity contribution >= 4 is 22.6 Å². The molecule has 2 amide bonds. The molecule has 2 heterocycles. The van der Waals surface area contributed by atoms with Crippen molar-refractivity contribution < 1.29 is 4.79 Å². The van der Waals surface area contributed by atoms with Crippen LogP contribution in [0.5, 0.6) is 0 Å². The van der Waals surface area contributed by atoms with Crippen LogP contribution >= 0.6 is 0 Å². The largest absolute Gasteiger partial charge is 0.347 e. The Hall–Kier alpha value is -3.26. The lowest BCUT2D eigenvalue weighted by Gasteiger charge is -2.28. The molecule has 0 radical (unpaired) electrons. The molecule has 0 aliphatic carbocycles. The number of anilines is 1. The molecule has 0 saturated carbocycles. The van der Waals surface area contributed by atoms with Gasteiger partial charge in [0, 0.05) is 54.4 Å². The monoisotopic (exact) mass is 330 g/mol. The van der Waals surface area contributed by atoms with E-state index < -0.39 is 0 Å². The first kappa shape index (κ1) is 15.3. The standard InChI is InChI=1S/C20H18N4O/c1-23-18-5-3-2-4-16(18)17-13-24(11-10-19(17)23)20(25)22-15-8-6-14(12-21)7-9-15/h2-9H,10-11,13H2,1H3,(H,22,25). The number of para-hydroxylation sites is 1. The van der Waals surface area contributed by atoms with E-state index in [0.717, 1.165) is 6.42 Å². The van der Waals surface area contributed by atoms with Gasteiger partial charge in [0.05, 0.1) is 11.6 Å². The highest BCUT2D eigenvalue weighted by molar-refractivity contribution is 5.91. The van der Waals surface area contributed by atoms with Crippen LogP contribution < -0.4 is 5.32 Å². The molecule has 0 saturated heterocycles. The van der Waals surface area contributed by atoms with Crippen molar-refractivity contribution in [2.24, 2.45) is 7.05 Å². The summed E-state index contributed by atoms with van der Waals surface area (Å²) in [5.74, 6) is 0. The number of urea groups is 1. The van der Waals surface area contributed by atoms with E-state index in [9.17, 15) is 4.79 Å². The first-order valence-corrected chi connectivity index (χ1v) is 8.28. The van der Waals surface area contributed by atoms with E-state index in [4.69, 9.17) is 5.26 Å². The highest BCUT2D eigenvalue weighted by Crippen LogP contribution is 2.30. The van der Waals surface area contributed by atoms with Crippen LogP contribution in [0.4, 0.5) is 10.5 Å². The van der Waals surface area contributed by atoms with Crippen molar-refractivity contribution in [1.82, 2.24) is 9.47 Å². The molecule has 0 unspecified atom stereocenters. The van der Waals surface area contributed by atoms with E-state index in [0.29, 0.717) is 24.3 Å². The van der Waals surface area contributed by atoms with Gasteiger partial charge in [-0.2, -0.15) is 5.26 Å². The van der Waals surface area contributed by atoms with Crippen molar-refractivity contribution in [2.45, 2.75) is 13.0 Å². The molecule has 1 aliphatic rings. The van der Waals surface area contributed by atoms with E-state index in [-0.39, 0.29) is 6.03 Å². The molecule has 124 valence electrons. The molecule has 0 bridgehead atoms. The SMILES string of the molecule is Cn1c2c(c3ccccc31)CN(C(=O)Nc1ccc(C#N)cc1)CC2. The number of hydrogen-bond acceptors (Lipinski definition) is 2. The fourth-order valence-corrected chi connectivity index (χ4v) is 3.53. The smallest absolute Gasteiger partial charge is 0.322 e. The van der Waals surface area contributed by atoms with Gasteiger partial charge in [0.15, 0.2) is 0 Å². The molecule has 3 aromatic rings. The fourth-order valence-electron chi connectivity index (χ4n) is 3.53. The van der Waals surface area contributed by atoms with Gasteiger partial charge in [-0.1, -0.05) is 18.2 Å². The third-order valence-corrected chi connectivity index (χ3v) is 4.86. The number of hydrogen-bond donors (Lipinski definition) is 1. The molecule has 2 aromatic carbocycles. The molecule has 5 nitrogen and oxygen atoms in total. The summed E-state index contributed by atoms with van der Waals surface area (Å²) in [6.45, 7) is 1.30. The molecule has 1 N–H and O–H groups in total. The van der Waals surface area contributed by atoms with Crippen molar-refractivity contribution in [1.29, 1.82) is 5.26 Å². The molecular weight excluding hydrogens is 312 g/mol. The lowest BCUT2D eigenvalue weighted by atomic mass is 10.0. The van der Waals surface area contributed by atoms with Gasteiger partial charge in [0.25, 0.3) is 0 Å². The number of aromatic nitrogens is 1. The predicted octanol–water partition coefficient (Wildman–Crippen LogP) is 3.64. The molecular formula is C20H18N4O. The lowest BCUT2D eigenvalue weighted by Crippen LogP contribution is -2.39. The number of benzene rings is 2. The summed E-state index contributed by atoms with van der Waals surface area (Å²) in [5.41, 5.74) is 5.04. The minimum Gasteiger partial charge on any atom is -0.347 e. The van der Waals surface area contributed by atoms with E-state index in [1.54, 1.807) is 24.3 Å². The zero-order chi connectivity index (χ0) is 17.4. The summed E-state index contributed by atoms with van der Waals surface area (Å²) in [6, 6.07) is 17.2. The highest BCUT2D eigenvalue weighted by atomic mass is 16.2. The predicted molar refractivity (Wildman–Crippen MR) is 97.2 cm³/mol. The maximum absolute atomic E-state index is 12.6. The minimum atomic E-state index is -0.108. The topological polar surface area (TPSA) is 61.1 Å². The summed E-state index contributed by atoms with van der Waals surface area (Å²) in [7, 11) is 2.09. The first-order chi connectivity index (χ1) is 12.2. The van der Waals surface area contributed by atoms with Gasteiger partial charge in [-0.25, -0.2) is 4.79 Å². The van der Waals surface area contributed by atoms with Crippen molar-refractivity contribution in [3.8, 4) is 6.07 Å². The molecule has 0 fully saturated rings. The average Bonchev–Trinajstić information content (AvgIpc) is 2.95. The summed E-state index contributed by atoms with van der Waals surface area (Å²) in [4.78, 5) is 14.5. The van der Waals surface area contributed by atoms with Gasteiger partial charge in [-0.05, 0) is 30.3 Å². The number of fused-ring (bicyclic) bond motifs is 3. The van der Waals surface area contributed by atoms with Crippen LogP contribution in [-0.4, -0.2) is 22.0 Å².